The molecule has 140 valence electrons. The lowest BCUT2D eigenvalue weighted by molar-refractivity contribution is 0.0730. The topological polar surface area (TPSA) is 102 Å². The van der Waals surface area contributed by atoms with Gasteiger partial charge in [-0.3, -0.25) is 4.79 Å². The van der Waals surface area contributed by atoms with E-state index in [1.807, 2.05) is 6.92 Å². The fraction of sp³-hybridized carbons (Fsp3) is 0.412. The van der Waals surface area contributed by atoms with Crippen LogP contribution < -0.4 is 5.32 Å². The van der Waals surface area contributed by atoms with E-state index in [0.717, 1.165) is 0 Å². The first-order valence-electron chi connectivity index (χ1n) is 8.40. The van der Waals surface area contributed by atoms with Gasteiger partial charge in [-0.1, -0.05) is 18.1 Å². The fourth-order valence-electron chi connectivity index (χ4n) is 2.76. The molecule has 1 aromatic carbocycles. The zero-order chi connectivity index (χ0) is 18.6. The first kappa shape index (κ1) is 18.6. The number of hydrogen-bond acceptors (Lipinski definition) is 6. The fourth-order valence-corrected chi connectivity index (χ4v) is 4.48. The highest BCUT2D eigenvalue weighted by atomic mass is 32.2. The van der Waals surface area contributed by atoms with Crippen LogP contribution in [0.15, 0.2) is 39.9 Å². The predicted molar refractivity (Wildman–Crippen MR) is 93.1 cm³/mol. The number of benzene rings is 1. The molecular formula is C17H21N3O5S. The molecule has 2 aromatic rings. The molecule has 1 N–H and O–H groups in total. The Morgan fingerprint density at radius 1 is 1.27 bits per heavy atom. The second-order valence-corrected chi connectivity index (χ2v) is 7.77. The SMILES string of the molecule is CCc1ccc(C(=O)NCc2ccon2)cc1S(=O)(=O)N1CCOCC1. The van der Waals surface area contributed by atoms with Crippen LogP contribution in [-0.4, -0.2) is 50.1 Å². The number of aryl methyl sites for hydroxylation is 1. The number of nitrogens with one attached hydrogen (secondary N) is 1. The molecule has 0 spiro atoms. The number of nitrogens with zero attached hydrogens (tertiary/aromatic N) is 2. The highest BCUT2D eigenvalue weighted by molar-refractivity contribution is 7.89. The summed E-state index contributed by atoms with van der Waals surface area (Å²) in [6.07, 6.45) is 1.98. The van der Waals surface area contributed by atoms with E-state index in [0.29, 0.717) is 44.0 Å². The quantitative estimate of drug-likeness (QED) is 0.809. The van der Waals surface area contributed by atoms with Crippen molar-refractivity contribution in [1.82, 2.24) is 14.8 Å². The first-order chi connectivity index (χ1) is 12.5. The van der Waals surface area contributed by atoms with Crippen LogP contribution in [0.5, 0.6) is 0 Å². The third-order valence-electron chi connectivity index (χ3n) is 4.22. The van der Waals surface area contributed by atoms with Crippen molar-refractivity contribution in [3.05, 3.63) is 47.3 Å². The van der Waals surface area contributed by atoms with Crippen LogP contribution in [0.25, 0.3) is 0 Å². The van der Waals surface area contributed by atoms with Crippen molar-refractivity contribution in [2.75, 3.05) is 26.3 Å². The second kappa shape index (κ2) is 7.98. The van der Waals surface area contributed by atoms with Crippen LogP contribution in [0.3, 0.4) is 0 Å². The second-order valence-electron chi connectivity index (χ2n) is 5.87. The molecule has 0 unspecified atom stereocenters. The number of hydrogen-bond donors (Lipinski definition) is 1. The van der Waals surface area contributed by atoms with Crippen molar-refractivity contribution in [1.29, 1.82) is 0 Å². The lowest BCUT2D eigenvalue weighted by atomic mass is 10.1. The van der Waals surface area contributed by atoms with Crippen molar-refractivity contribution < 1.29 is 22.5 Å². The van der Waals surface area contributed by atoms with E-state index in [1.165, 1.54) is 16.6 Å². The van der Waals surface area contributed by atoms with E-state index in [2.05, 4.69) is 10.5 Å². The molecule has 2 heterocycles. The standard InChI is InChI=1S/C17H21N3O5S/c1-2-13-3-4-14(17(21)18-12-15-5-8-25-19-15)11-16(13)26(22,23)20-6-9-24-10-7-20/h3-5,8,11H,2,6-7,9-10,12H2,1H3,(H,18,21). The Morgan fingerprint density at radius 2 is 2.04 bits per heavy atom. The normalized spacial score (nSPS) is 15.7. The number of rotatable bonds is 6. The summed E-state index contributed by atoms with van der Waals surface area (Å²) in [7, 11) is -3.67. The monoisotopic (exact) mass is 379 g/mol. The highest BCUT2D eigenvalue weighted by Gasteiger charge is 2.29. The zero-order valence-corrected chi connectivity index (χ0v) is 15.3. The Hall–Kier alpha value is -2.23. The molecule has 1 amide bonds. The van der Waals surface area contributed by atoms with Gasteiger partial charge in [0.05, 0.1) is 24.7 Å². The average Bonchev–Trinajstić information content (AvgIpc) is 3.20. The molecule has 0 saturated carbocycles. The van der Waals surface area contributed by atoms with Gasteiger partial charge in [-0.05, 0) is 24.1 Å². The van der Waals surface area contributed by atoms with Crippen LogP contribution in [0.4, 0.5) is 0 Å². The van der Waals surface area contributed by atoms with Gasteiger partial charge in [0.2, 0.25) is 10.0 Å². The van der Waals surface area contributed by atoms with E-state index >= 15 is 0 Å². The Kier molecular flexibility index (Phi) is 5.70. The lowest BCUT2D eigenvalue weighted by Gasteiger charge is -2.27. The Morgan fingerprint density at radius 3 is 2.69 bits per heavy atom. The van der Waals surface area contributed by atoms with Gasteiger partial charge in [0.15, 0.2) is 0 Å². The Balaban J connectivity index is 1.84. The highest BCUT2D eigenvalue weighted by Crippen LogP contribution is 2.23. The van der Waals surface area contributed by atoms with E-state index in [9.17, 15) is 13.2 Å². The number of sulfonamides is 1. The molecule has 0 aliphatic carbocycles. The van der Waals surface area contributed by atoms with Crippen molar-refractivity contribution in [2.45, 2.75) is 24.8 Å². The Labute approximate surface area is 152 Å². The van der Waals surface area contributed by atoms with Crippen LogP contribution in [-0.2, 0) is 27.7 Å². The van der Waals surface area contributed by atoms with E-state index in [-0.39, 0.29) is 22.9 Å². The summed E-state index contributed by atoms with van der Waals surface area (Å²) in [6, 6.07) is 6.42. The maximum Gasteiger partial charge on any atom is 0.251 e. The average molecular weight is 379 g/mol. The molecule has 26 heavy (non-hydrogen) atoms. The summed E-state index contributed by atoms with van der Waals surface area (Å²) < 4.78 is 37.4. The van der Waals surface area contributed by atoms with E-state index in [4.69, 9.17) is 9.26 Å². The number of carbonyl (C=O) groups excluding carboxylic acids is 1. The van der Waals surface area contributed by atoms with Crippen molar-refractivity contribution in [2.24, 2.45) is 0 Å². The number of morpholine rings is 1. The minimum Gasteiger partial charge on any atom is -0.379 e. The van der Waals surface area contributed by atoms with Crippen molar-refractivity contribution >= 4 is 15.9 Å². The number of ether oxygens (including phenoxy) is 1. The summed E-state index contributed by atoms with van der Waals surface area (Å²) in [5.74, 6) is -0.367. The molecule has 0 atom stereocenters. The van der Waals surface area contributed by atoms with Crippen LogP contribution in [0.2, 0.25) is 0 Å². The summed E-state index contributed by atoms with van der Waals surface area (Å²) >= 11 is 0. The van der Waals surface area contributed by atoms with Crippen molar-refractivity contribution in [3.63, 3.8) is 0 Å². The predicted octanol–water partition coefficient (Wildman–Crippen LogP) is 1.19. The van der Waals surface area contributed by atoms with Gasteiger partial charge in [0.1, 0.15) is 12.0 Å². The van der Waals surface area contributed by atoms with Crippen molar-refractivity contribution in [3.8, 4) is 0 Å². The third kappa shape index (κ3) is 3.95. The molecule has 1 aliphatic rings. The van der Waals surface area contributed by atoms with E-state index < -0.39 is 10.0 Å². The van der Waals surface area contributed by atoms with Gasteiger partial charge in [-0.15, -0.1) is 0 Å². The van der Waals surface area contributed by atoms with E-state index in [1.54, 1.807) is 18.2 Å². The van der Waals surface area contributed by atoms with Gasteiger partial charge in [-0.2, -0.15) is 4.31 Å². The number of amides is 1. The zero-order valence-electron chi connectivity index (χ0n) is 14.5. The molecular weight excluding hydrogens is 358 g/mol. The van der Waals surface area contributed by atoms with Crippen LogP contribution in [0, 0.1) is 0 Å². The molecule has 1 fully saturated rings. The third-order valence-corrected chi connectivity index (χ3v) is 6.20. The summed E-state index contributed by atoms with van der Waals surface area (Å²) in [4.78, 5) is 12.6. The lowest BCUT2D eigenvalue weighted by Crippen LogP contribution is -2.41. The molecule has 3 rings (SSSR count). The van der Waals surface area contributed by atoms with Gasteiger partial charge in [-0.25, -0.2) is 8.42 Å². The molecule has 1 aliphatic heterocycles. The van der Waals surface area contributed by atoms with Gasteiger partial charge in [0, 0.05) is 24.7 Å². The van der Waals surface area contributed by atoms with Crippen LogP contribution in [0.1, 0.15) is 28.5 Å². The minimum atomic E-state index is -3.67. The maximum absolute atomic E-state index is 13.0. The minimum absolute atomic E-state index is 0.177. The van der Waals surface area contributed by atoms with Gasteiger partial charge >= 0.3 is 0 Å². The summed E-state index contributed by atoms with van der Waals surface area (Å²) in [6.45, 7) is 3.47. The number of carbonyl (C=O) groups is 1. The molecule has 0 bridgehead atoms. The number of aromatic nitrogens is 1. The molecule has 1 saturated heterocycles. The molecule has 9 heteroatoms. The largest absolute Gasteiger partial charge is 0.379 e. The first-order valence-corrected chi connectivity index (χ1v) is 9.84. The molecule has 8 nitrogen and oxygen atoms in total. The summed E-state index contributed by atoms with van der Waals surface area (Å²) in [5.41, 5.74) is 1.56. The molecule has 0 radical (unpaired) electrons. The van der Waals surface area contributed by atoms with Gasteiger partial charge in [0.25, 0.3) is 5.91 Å². The summed E-state index contributed by atoms with van der Waals surface area (Å²) in [5, 5.41) is 6.43. The van der Waals surface area contributed by atoms with Gasteiger partial charge < -0.3 is 14.6 Å². The molecule has 1 aromatic heterocycles. The van der Waals surface area contributed by atoms with Crippen LogP contribution >= 0.6 is 0 Å². The smallest absolute Gasteiger partial charge is 0.251 e. The Bertz CT molecular complexity index is 859. The maximum atomic E-state index is 13.0.